The Hall–Kier alpha value is -2.51. The van der Waals surface area contributed by atoms with Crippen molar-refractivity contribution in [3.05, 3.63) is 35.5 Å². The summed E-state index contributed by atoms with van der Waals surface area (Å²) in [4.78, 5) is 19.8. The molecule has 0 aliphatic carbocycles. The molecule has 1 aromatic carbocycles. The third kappa shape index (κ3) is 2.83. The summed E-state index contributed by atoms with van der Waals surface area (Å²) in [6.45, 7) is 2.77. The van der Waals surface area contributed by atoms with Gasteiger partial charge in [0.1, 0.15) is 0 Å². The number of aromatic nitrogens is 4. The van der Waals surface area contributed by atoms with Crippen molar-refractivity contribution < 1.29 is 4.74 Å². The van der Waals surface area contributed by atoms with Crippen LogP contribution in [0.25, 0.3) is 22.4 Å². The maximum absolute atomic E-state index is 5.95. The summed E-state index contributed by atoms with van der Waals surface area (Å²) in [5, 5.41) is 0.678. The lowest BCUT2D eigenvalue weighted by atomic mass is 10.1. The number of fused-ring (bicyclic) bond motifs is 1. The Morgan fingerprint density at radius 1 is 1.04 bits per heavy atom. The monoisotopic (exact) mass is 342 g/mol. The van der Waals surface area contributed by atoms with Crippen molar-refractivity contribution in [1.82, 2.24) is 19.9 Å². The number of benzene rings is 1. The number of rotatable bonds is 2. The van der Waals surface area contributed by atoms with Gasteiger partial charge >= 0.3 is 0 Å². The van der Waals surface area contributed by atoms with Gasteiger partial charge < -0.3 is 15.4 Å². The van der Waals surface area contributed by atoms with Crippen LogP contribution in [0.4, 0.5) is 11.8 Å². The lowest BCUT2D eigenvalue weighted by molar-refractivity contribution is 0.122. The molecule has 0 amide bonds. The van der Waals surface area contributed by atoms with E-state index in [2.05, 4.69) is 19.9 Å². The van der Waals surface area contributed by atoms with Crippen molar-refractivity contribution in [3.8, 4) is 11.3 Å². The molecule has 0 radical (unpaired) electrons. The Morgan fingerprint density at radius 2 is 1.79 bits per heavy atom. The molecule has 1 fully saturated rings. The number of halogens is 1. The Kier molecular flexibility index (Phi) is 3.87. The number of nitrogens with zero attached hydrogens (tertiary/aromatic N) is 5. The van der Waals surface area contributed by atoms with Crippen molar-refractivity contribution in [1.29, 1.82) is 0 Å². The zero-order valence-corrected chi connectivity index (χ0v) is 13.6. The van der Waals surface area contributed by atoms with Crippen LogP contribution in [0, 0.1) is 0 Å². The minimum absolute atomic E-state index is 0.192. The summed E-state index contributed by atoms with van der Waals surface area (Å²) in [6, 6.07) is 7.46. The fourth-order valence-electron chi connectivity index (χ4n) is 2.66. The van der Waals surface area contributed by atoms with E-state index in [1.165, 1.54) is 0 Å². The largest absolute Gasteiger partial charge is 0.378 e. The van der Waals surface area contributed by atoms with Crippen molar-refractivity contribution >= 4 is 34.5 Å². The van der Waals surface area contributed by atoms with Crippen LogP contribution in [0.1, 0.15) is 0 Å². The predicted molar refractivity (Wildman–Crippen MR) is 93.0 cm³/mol. The van der Waals surface area contributed by atoms with Crippen molar-refractivity contribution in [3.63, 3.8) is 0 Å². The van der Waals surface area contributed by atoms with Crippen molar-refractivity contribution in [2.75, 3.05) is 36.9 Å². The van der Waals surface area contributed by atoms with Crippen LogP contribution in [-0.2, 0) is 4.74 Å². The molecule has 0 saturated carbocycles. The molecule has 2 N–H and O–H groups in total. The van der Waals surface area contributed by atoms with E-state index in [1.54, 1.807) is 6.20 Å². The number of hydrogen-bond acceptors (Lipinski definition) is 7. The second-order valence-electron chi connectivity index (χ2n) is 5.44. The molecule has 0 spiro atoms. The zero-order chi connectivity index (χ0) is 16.5. The molecule has 8 heteroatoms. The molecular formula is C16H15ClN6O. The molecule has 3 aromatic rings. The Morgan fingerprint density at radius 3 is 2.54 bits per heavy atom. The van der Waals surface area contributed by atoms with Gasteiger partial charge in [-0.15, -0.1) is 0 Å². The molecule has 122 valence electrons. The number of nitrogen functional groups attached to an aromatic ring is 1. The fourth-order valence-corrected chi connectivity index (χ4v) is 2.79. The van der Waals surface area contributed by atoms with Gasteiger partial charge in [-0.05, 0) is 12.1 Å². The van der Waals surface area contributed by atoms with Gasteiger partial charge in [0, 0.05) is 23.7 Å². The highest BCUT2D eigenvalue weighted by atomic mass is 35.5. The molecule has 3 heterocycles. The maximum Gasteiger partial charge on any atom is 0.224 e. The molecule has 7 nitrogen and oxygen atoms in total. The van der Waals surface area contributed by atoms with Crippen molar-refractivity contribution in [2.24, 2.45) is 0 Å². The highest BCUT2D eigenvalue weighted by Gasteiger charge is 2.19. The van der Waals surface area contributed by atoms with Crippen LogP contribution in [0.3, 0.4) is 0 Å². The third-order valence-electron chi connectivity index (χ3n) is 3.86. The van der Waals surface area contributed by atoms with E-state index in [0.717, 1.165) is 24.3 Å². The first-order chi connectivity index (χ1) is 11.7. The van der Waals surface area contributed by atoms with Crippen LogP contribution in [-0.4, -0.2) is 46.2 Å². The molecule has 2 aromatic heterocycles. The number of nitrogens with two attached hydrogens (primary N) is 1. The number of ether oxygens (including phenoxy) is 1. The second-order valence-corrected chi connectivity index (χ2v) is 5.88. The number of anilines is 2. The molecule has 0 bridgehead atoms. The van der Waals surface area contributed by atoms with Crippen LogP contribution in [0.5, 0.6) is 0 Å². The van der Waals surface area contributed by atoms with E-state index in [-0.39, 0.29) is 5.95 Å². The normalized spacial score (nSPS) is 15.0. The summed E-state index contributed by atoms with van der Waals surface area (Å²) >= 11 is 5.95. The Balaban J connectivity index is 1.85. The van der Waals surface area contributed by atoms with E-state index in [0.29, 0.717) is 35.2 Å². The maximum atomic E-state index is 5.95. The average Bonchev–Trinajstić information content (AvgIpc) is 2.62. The first-order valence-electron chi connectivity index (χ1n) is 7.59. The number of morpholine rings is 1. The van der Waals surface area contributed by atoms with Gasteiger partial charge in [0.15, 0.2) is 17.0 Å². The summed E-state index contributed by atoms with van der Waals surface area (Å²) in [5.74, 6) is 0.890. The summed E-state index contributed by atoms with van der Waals surface area (Å²) in [7, 11) is 0. The smallest absolute Gasteiger partial charge is 0.224 e. The first kappa shape index (κ1) is 15.0. The summed E-state index contributed by atoms with van der Waals surface area (Å²) in [6.07, 6.45) is 1.68. The third-order valence-corrected chi connectivity index (χ3v) is 4.11. The molecule has 0 unspecified atom stereocenters. The molecular weight excluding hydrogens is 328 g/mol. The highest BCUT2D eigenvalue weighted by molar-refractivity contribution is 6.30. The molecule has 1 aliphatic rings. The molecule has 4 rings (SSSR count). The Labute approximate surface area is 143 Å². The van der Waals surface area contributed by atoms with Gasteiger partial charge in [0.05, 0.1) is 25.1 Å². The van der Waals surface area contributed by atoms with Gasteiger partial charge in [0.2, 0.25) is 5.95 Å². The van der Waals surface area contributed by atoms with Crippen LogP contribution < -0.4 is 10.6 Å². The van der Waals surface area contributed by atoms with Gasteiger partial charge in [-0.1, -0.05) is 23.7 Å². The SMILES string of the molecule is Nc1nc(N2CCOCC2)c2nc(-c3ccc(Cl)cc3)cnc2n1. The molecule has 1 aliphatic heterocycles. The molecule has 24 heavy (non-hydrogen) atoms. The van der Waals surface area contributed by atoms with Crippen LogP contribution >= 0.6 is 11.6 Å². The fraction of sp³-hybridized carbons (Fsp3) is 0.250. The molecule has 0 atom stereocenters. The standard InChI is InChI=1S/C16H15ClN6O/c17-11-3-1-10(2-4-11)12-9-19-14-13(20-12)15(22-16(18)21-14)23-5-7-24-8-6-23/h1-4,9H,5-8H2,(H2,18,19,21,22). The van der Waals surface area contributed by atoms with Gasteiger partial charge in [-0.2, -0.15) is 9.97 Å². The van der Waals surface area contributed by atoms with Crippen LogP contribution in [0.15, 0.2) is 30.5 Å². The summed E-state index contributed by atoms with van der Waals surface area (Å²) < 4.78 is 5.40. The highest BCUT2D eigenvalue weighted by Crippen LogP contribution is 2.26. The van der Waals surface area contributed by atoms with E-state index in [1.807, 2.05) is 24.3 Å². The minimum atomic E-state index is 0.192. The average molecular weight is 343 g/mol. The van der Waals surface area contributed by atoms with E-state index >= 15 is 0 Å². The lowest BCUT2D eigenvalue weighted by Crippen LogP contribution is -2.37. The Bertz CT molecular complexity index is 880. The van der Waals surface area contributed by atoms with Gasteiger partial charge in [0.25, 0.3) is 0 Å². The molecule has 1 saturated heterocycles. The van der Waals surface area contributed by atoms with Gasteiger partial charge in [-0.3, -0.25) is 0 Å². The lowest BCUT2D eigenvalue weighted by Gasteiger charge is -2.28. The number of hydrogen-bond donors (Lipinski definition) is 1. The summed E-state index contributed by atoms with van der Waals surface area (Å²) in [5.41, 5.74) is 8.63. The topological polar surface area (TPSA) is 90.0 Å². The van der Waals surface area contributed by atoms with E-state index in [4.69, 9.17) is 27.1 Å². The minimum Gasteiger partial charge on any atom is -0.378 e. The van der Waals surface area contributed by atoms with E-state index in [9.17, 15) is 0 Å². The quantitative estimate of drug-likeness (QED) is 0.763. The van der Waals surface area contributed by atoms with Crippen molar-refractivity contribution in [2.45, 2.75) is 0 Å². The first-order valence-corrected chi connectivity index (χ1v) is 7.97. The second kappa shape index (κ2) is 6.18. The van der Waals surface area contributed by atoms with Gasteiger partial charge in [-0.25, -0.2) is 9.97 Å². The predicted octanol–water partition coefficient (Wildman–Crippen LogP) is 2.16. The zero-order valence-electron chi connectivity index (χ0n) is 12.8. The van der Waals surface area contributed by atoms with E-state index < -0.39 is 0 Å². The van der Waals surface area contributed by atoms with Crippen LogP contribution in [0.2, 0.25) is 5.02 Å².